The molecule has 3 rings (SSSR count). The zero-order valence-corrected chi connectivity index (χ0v) is 13.2. The van der Waals surface area contributed by atoms with Crippen molar-refractivity contribution >= 4 is 0 Å². The second-order valence-electron chi connectivity index (χ2n) is 6.75. The van der Waals surface area contributed by atoms with Crippen LogP contribution < -0.4 is 0 Å². The summed E-state index contributed by atoms with van der Waals surface area (Å²) < 4.78 is 12.8. The number of ether oxygens (including phenoxy) is 2. The molecule has 5 atom stereocenters. The van der Waals surface area contributed by atoms with Gasteiger partial charge in [0.2, 0.25) is 0 Å². The molecule has 2 aliphatic carbocycles. The molecule has 2 nitrogen and oxygen atoms in total. The summed E-state index contributed by atoms with van der Waals surface area (Å²) in [6.07, 6.45) is 16.6. The van der Waals surface area contributed by atoms with Gasteiger partial charge in [-0.25, -0.2) is 0 Å². The van der Waals surface area contributed by atoms with Crippen molar-refractivity contribution in [3.05, 3.63) is 37.0 Å². The van der Waals surface area contributed by atoms with E-state index in [2.05, 4.69) is 31.7 Å². The molecule has 0 amide bonds. The SMILES string of the molecule is C=C/C=C/CCOC12OCC[C@@H]3C=CC[C@H](CC[C@H]1C)[C@H]32. The highest BCUT2D eigenvalue weighted by Crippen LogP contribution is 2.54. The van der Waals surface area contributed by atoms with Crippen LogP contribution in [0.4, 0.5) is 0 Å². The average molecular weight is 288 g/mol. The van der Waals surface area contributed by atoms with Crippen LogP contribution in [0.5, 0.6) is 0 Å². The molecule has 2 fully saturated rings. The fourth-order valence-electron chi connectivity index (χ4n) is 4.59. The maximum absolute atomic E-state index is 6.43. The van der Waals surface area contributed by atoms with E-state index in [9.17, 15) is 0 Å². The van der Waals surface area contributed by atoms with Gasteiger partial charge in [0.1, 0.15) is 0 Å². The lowest BCUT2D eigenvalue weighted by atomic mass is 9.60. The largest absolute Gasteiger partial charge is 0.349 e. The fraction of sp³-hybridized carbons (Fsp3) is 0.684. The van der Waals surface area contributed by atoms with Crippen molar-refractivity contribution in [2.24, 2.45) is 23.7 Å². The topological polar surface area (TPSA) is 18.5 Å². The van der Waals surface area contributed by atoms with Crippen LogP contribution in [0.15, 0.2) is 37.0 Å². The molecule has 1 aliphatic heterocycles. The van der Waals surface area contributed by atoms with E-state index in [0.717, 1.165) is 32.0 Å². The molecule has 1 saturated heterocycles. The Morgan fingerprint density at radius 2 is 2.29 bits per heavy atom. The minimum absolute atomic E-state index is 0.335. The summed E-state index contributed by atoms with van der Waals surface area (Å²) in [6.45, 7) is 7.60. The highest BCUT2D eigenvalue weighted by molar-refractivity contribution is 5.09. The first-order valence-corrected chi connectivity index (χ1v) is 8.50. The lowest BCUT2D eigenvalue weighted by molar-refractivity contribution is -0.338. The van der Waals surface area contributed by atoms with Crippen LogP contribution in [0.1, 0.15) is 39.0 Å². The third-order valence-corrected chi connectivity index (χ3v) is 5.58. The zero-order chi connectivity index (χ0) is 14.7. The van der Waals surface area contributed by atoms with Crippen molar-refractivity contribution in [1.29, 1.82) is 0 Å². The smallest absolute Gasteiger partial charge is 0.174 e. The zero-order valence-electron chi connectivity index (χ0n) is 13.2. The first-order valence-electron chi connectivity index (χ1n) is 8.50. The number of allylic oxidation sites excluding steroid dienone is 4. The quantitative estimate of drug-likeness (QED) is 0.421. The Bertz CT molecular complexity index is 425. The third kappa shape index (κ3) is 2.76. The minimum Gasteiger partial charge on any atom is -0.349 e. The van der Waals surface area contributed by atoms with Crippen LogP contribution in [0.25, 0.3) is 0 Å². The molecule has 21 heavy (non-hydrogen) atoms. The molecule has 1 heterocycles. The average Bonchev–Trinajstić information content (AvgIpc) is 2.51. The van der Waals surface area contributed by atoms with Crippen LogP contribution >= 0.6 is 0 Å². The van der Waals surface area contributed by atoms with Gasteiger partial charge in [0.15, 0.2) is 5.79 Å². The molecule has 116 valence electrons. The van der Waals surface area contributed by atoms with Crippen molar-refractivity contribution in [3.8, 4) is 0 Å². The van der Waals surface area contributed by atoms with E-state index in [4.69, 9.17) is 9.47 Å². The summed E-state index contributed by atoms with van der Waals surface area (Å²) in [5.74, 6) is 2.13. The molecule has 2 heteroatoms. The summed E-state index contributed by atoms with van der Waals surface area (Å²) in [4.78, 5) is 0. The molecule has 1 unspecified atom stereocenters. The highest BCUT2D eigenvalue weighted by atomic mass is 16.7. The lowest BCUT2D eigenvalue weighted by Gasteiger charge is -2.56. The van der Waals surface area contributed by atoms with Gasteiger partial charge in [-0.2, -0.15) is 0 Å². The molecule has 0 bridgehead atoms. The maximum atomic E-state index is 6.43. The van der Waals surface area contributed by atoms with Gasteiger partial charge in [-0.1, -0.05) is 43.9 Å². The molecule has 0 N–H and O–H groups in total. The molecule has 0 spiro atoms. The van der Waals surface area contributed by atoms with Crippen molar-refractivity contribution in [3.63, 3.8) is 0 Å². The van der Waals surface area contributed by atoms with Crippen LogP contribution in [0.3, 0.4) is 0 Å². The van der Waals surface area contributed by atoms with E-state index in [-0.39, 0.29) is 5.79 Å². The normalized spacial score (nSPS) is 42.0. The Balaban J connectivity index is 1.76. The Morgan fingerprint density at radius 3 is 3.14 bits per heavy atom. The summed E-state index contributed by atoms with van der Waals surface area (Å²) in [6, 6.07) is 0. The molecule has 0 radical (unpaired) electrons. The van der Waals surface area contributed by atoms with E-state index in [0.29, 0.717) is 17.8 Å². The summed E-state index contributed by atoms with van der Waals surface area (Å²) >= 11 is 0. The highest BCUT2D eigenvalue weighted by Gasteiger charge is 2.56. The third-order valence-electron chi connectivity index (χ3n) is 5.58. The van der Waals surface area contributed by atoms with Crippen molar-refractivity contribution < 1.29 is 9.47 Å². The van der Waals surface area contributed by atoms with Gasteiger partial charge in [-0.15, -0.1) is 0 Å². The monoisotopic (exact) mass is 288 g/mol. The Labute approximate surface area is 128 Å². The van der Waals surface area contributed by atoms with Crippen molar-refractivity contribution in [2.45, 2.75) is 44.8 Å². The Kier molecular flexibility index (Phi) is 4.66. The summed E-state index contributed by atoms with van der Waals surface area (Å²) in [5.41, 5.74) is 0. The second kappa shape index (κ2) is 6.50. The van der Waals surface area contributed by atoms with E-state index < -0.39 is 0 Å². The molecule has 3 aliphatic rings. The van der Waals surface area contributed by atoms with Gasteiger partial charge in [0.05, 0.1) is 13.2 Å². The molecule has 0 aromatic carbocycles. The predicted molar refractivity (Wildman–Crippen MR) is 85.8 cm³/mol. The van der Waals surface area contributed by atoms with Gasteiger partial charge in [-0.3, -0.25) is 0 Å². The van der Waals surface area contributed by atoms with Crippen molar-refractivity contribution in [1.82, 2.24) is 0 Å². The number of hydrogen-bond donors (Lipinski definition) is 0. The number of hydrogen-bond acceptors (Lipinski definition) is 2. The van der Waals surface area contributed by atoms with Gasteiger partial charge in [-0.05, 0) is 43.9 Å². The van der Waals surface area contributed by atoms with Gasteiger partial charge in [0.25, 0.3) is 0 Å². The maximum Gasteiger partial charge on any atom is 0.174 e. The second-order valence-corrected chi connectivity index (χ2v) is 6.75. The Hall–Kier alpha value is -0.860. The van der Waals surface area contributed by atoms with Gasteiger partial charge in [0, 0.05) is 11.8 Å². The number of rotatable bonds is 5. The summed E-state index contributed by atoms with van der Waals surface area (Å²) in [5, 5.41) is 0. The molecule has 0 aromatic heterocycles. The van der Waals surface area contributed by atoms with E-state index in [1.807, 2.05) is 12.2 Å². The first-order chi connectivity index (χ1) is 10.3. The van der Waals surface area contributed by atoms with E-state index >= 15 is 0 Å². The molecule has 1 saturated carbocycles. The van der Waals surface area contributed by atoms with Crippen LogP contribution in [0, 0.1) is 23.7 Å². The minimum atomic E-state index is -0.335. The van der Waals surface area contributed by atoms with Gasteiger partial charge >= 0.3 is 0 Å². The van der Waals surface area contributed by atoms with Crippen LogP contribution in [0.2, 0.25) is 0 Å². The summed E-state index contributed by atoms with van der Waals surface area (Å²) in [7, 11) is 0. The lowest BCUT2D eigenvalue weighted by Crippen LogP contribution is -2.60. The fourth-order valence-corrected chi connectivity index (χ4v) is 4.59. The van der Waals surface area contributed by atoms with E-state index in [1.54, 1.807) is 0 Å². The van der Waals surface area contributed by atoms with E-state index in [1.165, 1.54) is 19.3 Å². The molecular weight excluding hydrogens is 260 g/mol. The van der Waals surface area contributed by atoms with Crippen LogP contribution in [-0.2, 0) is 9.47 Å². The van der Waals surface area contributed by atoms with Crippen molar-refractivity contribution in [2.75, 3.05) is 13.2 Å². The van der Waals surface area contributed by atoms with Crippen LogP contribution in [-0.4, -0.2) is 19.0 Å². The molecular formula is C19H28O2. The van der Waals surface area contributed by atoms with Gasteiger partial charge < -0.3 is 9.47 Å². The predicted octanol–water partition coefficient (Wildman–Crippen LogP) is 4.49. The molecule has 0 aromatic rings. The Morgan fingerprint density at radius 1 is 1.38 bits per heavy atom. The standard InChI is InChI=1S/C19H28O2/c1-3-4-5-6-13-20-19-15(2)10-11-16-8-7-9-17(18(16)19)12-14-21-19/h3-5,7,9,15-18H,1,6,8,10-14H2,2H3/b5-4+/t15-,16-,17+,18-,19?/m1/s1. The first kappa shape index (κ1) is 15.1.